The van der Waals surface area contributed by atoms with Gasteiger partial charge < -0.3 is 19.7 Å². The molecule has 9 nitrogen and oxygen atoms in total. The monoisotopic (exact) mass is 647 g/mol. The van der Waals surface area contributed by atoms with Gasteiger partial charge in [0.05, 0.1) is 24.8 Å². The Kier molecular flexibility index (Phi) is 11.4. The Balaban J connectivity index is 1.83. The quantitative estimate of drug-likeness (QED) is 0.204. The van der Waals surface area contributed by atoms with E-state index in [0.29, 0.717) is 17.9 Å². The minimum Gasteiger partial charge on any atom is -0.493 e. The Hall–Kier alpha value is -4.90. The molecule has 0 saturated carbocycles. The fourth-order valence-electron chi connectivity index (χ4n) is 4.98. The molecule has 0 unspecified atom stereocenters. The summed E-state index contributed by atoms with van der Waals surface area (Å²) in [4.78, 5) is 29.4. The van der Waals surface area contributed by atoms with Crippen molar-refractivity contribution >= 4 is 27.5 Å². The van der Waals surface area contributed by atoms with Crippen LogP contribution in [0.5, 0.6) is 11.5 Å². The van der Waals surface area contributed by atoms with Crippen molar-refractivity contribution in [2.45, 2.75) is 37.8 Å². The second kappa shape index (κ2) is 15.4. The molecule has 0 bridgehead atoms. The van der Waals surface area contributed by atoms with Gasteiger partial charge in [0.15, 0.2) is 11.5 Å². The van der Waals surface area contributed by atoms with Gasteiger partial charge in [-0.15, -0.1) is 0 Å². The lowest BCUT2D eigenvalue weighted by molar-refractivity contribution is -0.140. The number of rotatable bonds is 14. The molecule has 0 saturated heterocycles. The van der Waals surface area contributed by atoms with E-state index < -0.39 is 40.2 Å². The Bertz CT molecular complexity index is 1730. The van der Waals surface area contributed by atoms with Crippen LogP contribution in [0, 0.1) is 12.7 Å². The number of nitrogens with one attached hydrogen (secondary N) is 1. The molecule has 242 valence electrons. The van der Waals surface area contributed by atoms with E-state index in [1.54, 1.807) is 25.1 Å². The Morgan fingerprint density at radius 3 is 2.11 bits per heavy atom. The van der Waals surface area contributed by atoms with Crippen LogP contribution < -0.4 is 19.1 Å². The highest BCUT2D eigenvalue weighted by Gasteiger charge is 2.35. The number of benzene rings is 4. The number of hydrogen-bond acceptors (Lipinski definition) is 6. The maximum Gasteiger partial charge on any atom is 0.264 e. The van der Waals surface area contributed by atoms with Crippen LogP contribution in [0.2, 0.25) is 0 Å². The first-order chi connectivity index (χ1) is 22.1. The number of methoxy groups -OCH3 is 2. The first-order valence-electron chi connectivity index (χ1n) is 14.7. The molecule has 0 fully saturated rings. The Morgan fingerprint density at radius 1 is 0.848 bits per heavy atom. The van der Waals surface area contributed by atoms with Crippen LogP contribution >= 0.6 is 0 Å². The standard InChI is InChI=1S/C35H38FN3O6S/c1-5-37-35(41)31(21-26-9-7-6-8-10-26)38(23-27-13-15-28(36)16-14-27)34(40)24-39(29-17-20-32(44-3)33(22-29)45-4)46(42,43)30-18-11-25(2)12-19-30/h6-20,22,31H,5,21,23-24H2,1-4H3,(H,37,41)/t31-/m0/s1. The van der Waals surface area contributed by atoms with Crippen LogP contribution in [-0.2, 0) is 32.6 Å². The third-order valence-corrected chi connectivity index (χ3v) is 9.22. The van der Waals surface area contributed by atoms with E-state index in [-0.39, 0.29) is 29.3 Å². The average molecular weight is 648 g/mol. The van der Waals surface area contributed by atoms with E-state index in [2.05, 4.69) is 5.32 Å². The van der Waals surface area contributed by atoms with Crippen molar-refractivity contribution in [3.63, 3.8) is 0 Å². The third kappa shape index (κ3) is 8.22. The molecule has 0 aliphatic carbocycles. The van der Waals surface area contributed by atoms with Crippen LogP contribution in [-0.4, -0.2) is 58.5 Å². The van der Waals surface area contributed by atoms with Crippen LogP contribution in [0.15, 0.2) is 102 Å². The van der Waals surface area contributed by atoms with Gasteiger partial charge in [-0.1, -0.05) is 60.2 Å². The van der Waals surface area contributed by atoms with E-state index in [0.717, 1.165) is 15.4 Å². The van der Waals surface area contributed by atoms with Gasteiger partial charge in [0, 0.05) is 25.6 Å². The number of ether oxygens (including phenoxy) is 2. The highest BCUT2D eigenvalue weighted by Crippen LogP contribution is 2.34. The number of nitrogens with zero attached hydrogens (tertiary/aromatic N) is 2. The predicted molar refractivity (Wildman–Crippen MR) is 175 cm³/mol. The van der Waals surface area contributed by atoms with Crippen LogP contribution in [0.1, 0.15) is 23.6 Å². The lowest BCUT2D eigenvalue weighted by atomic mass is 10.0. The molecule has 0 heterocycles. The fraction of sp³-hybridized carbons (Fsp3) is 0.257. The summed E-state index contributed by atoms with van der Waals surface area (Å²) in [5, 5.41) is 2.82. The number of amides is 2. The van der Waals surface area contributed by atoms with E-state index in [4.69, 9.17) is 9.47 Å². The minimum atomic E-state index is -4.30. The SMILES string of the molecule is CCNC(=O)[C@H](Cc1ccccc1)N(Cc1ccc(F)cc1)C(=O)CN(c1ccc(OC)c(OC)c1)S(=O)(=O)c1ccc(C)cc1. The van der Waals surface area contributed by atoms with Crippen LogP contribution in [0.3, 0.4) is 0 Å². The lowest BCUT2D eigenvalue weighted by Gasteiger charge is -2.34. The molecule has 1 N–H and O–H groups in total. The zero-order valence-corrected chi connectivity index (χ0v) is 27.1. The van der Waals surface area contributed by atoms with Crippen LogP contribution in [0.4, 0.5) is 10.1 Å². The number of halogens is 1. The number of anilines is 1. The number of carbonyl (C=O) groups is 2. The van der Waals surface area contributed by atoms with Crippen molar-refractivity contribution < 1.29 is 31.9 Å². The number of hydrogen-bond donors (Lipinski definition) is 1. The predicted octanol–water partition coefficient (Wildman–Crippen LogP) is 5.12. The van der Waals surface area contributed by atoms with Gasteiger partial charge in [-0.05, 0) is 61.4 Å². The second-order valence-corrected chi connectivity index (χ2v) is 12.5. The van der Waals surface area contributed by atoms with Crippen molar-refractivity contribution in [2.75, 3.05) is 31.6 Å². The molecular formula is C35H38FN3O6S. The Morgan fingerprint density at radius 2 is 1.50 bits per heavy atom. The van der Waals surface area contributed by atoms with E-state index in [1.807, 2.05) is 37.3 Å². The smallest absolute Gasteiger partial charge is 0.264 e. The van der Waals surface area contributed by atoms with Crippen molar-refractivity contribution in [1.82, 2.24) is 10.2 Å². The first kappa shape index (κ1) is 34.0. The molecule has 0 radical (unpaired) electrons. The Labute approximate surface area is 269 Å². The van der Waals surface area contributed by atoms with Gasteiger partial charge in [0.25, 0.3) is 10.0 Å². The molecule has 0 aliphatic rings. The van der Waals surface area contributed by atoms with Crippen LogP contribution in [0.25, 0.3) is 0 Å². The number of likely N-dealkylation sites (N-methyl/N-ethyl adjacent to an activating group) is 1. The molecule has 1 atom stereocenters. The molecule has 4 rings (SSSR count). The molecule has 46 heavy (non-hydrogen) atoms. The van der Waals surface area contributed by atoms with Gasteiger partial charge >= 0.3 is 0 Å². The third-order valence-electron chi connectivity index (χ3n) is 7.43. The summed E-state index contributed by atoms with van der Waals surface area (Å²) in [5.74, 6) is -0.843. The molecule has 4 aromatic rings. The summed E-state index contributed by atoms with van der Waals surface area (Å²) in [6.45, 7) is 3.22. The number of aryl methyl sites for hydroxylation is 1. The largest absolute Gasteiger partial charge is 0.493 e. The number of sulfonamides is 1. The molecule has 0 aromatic heterocycles. The van der Waals surface area contributed by atoms with Gasteiger partial charge in [-0.3, -0.25) is 13.9 Å². The van der Waals surface area contributed by atoms with Gasteiger partial charge in [0.2, 0.25) is 11.8 Å². The summed E-state index contributed by atoms with van der Waals surface area (Å²) >= 11 is 0. The van der Waals surface area contributed by atoms with Gasteiger partial charge in [-0.25, -0.2) is 12.8 Å². The fourth-order valence-corrected chi connectivity index (χ4v) is 6.38. The first-order valence-corrected chi connectivity index (χ1v) is 16.2. The maximum absolute atomic E-state index is 14.5. The second-order valence-electron chi connectivity index (χ2n) is 10.6. The normalized spacial score (nSPS) is 11.8. The highest BCUT2D eigenvalue weighted by molar-refractivity contribution is 7.92. The van der Waals surface area contributed by atoms with E-state index in [1.165, 1.54) is 67.7 Å². The summed E-state index contributed by atoms with van der Waals surface area (Å²) in [7, 11) is -1.41. The summed E-state index contributed by atoms with van der Waals surface area (Å²) in [5.41, 5.74) is 2.39. The lowest BCUT2D eigenvalue weighted by Crippen LogP contribution is -2.53. The van der Waals surface area contributed by atoms with E-state index >= 15 is 0 Å². The van der Waals surface area contributed by atoms with Crippen molar-refractivity contribution in [3.05, 3.63) is 120 Å². The van der Waals surface area contributed by atoms with E-state index in [9.17, 15) is 22.4 Å². The summed E-state index contributed by atoms with van der Waals surface area (Å²) in [6.07, 6.45) is 0.167. The summed E-state index contributed by atoms with van der Waals surface area (Å²) < 4.78 is 54.0. The molecule has 2 amide bonds. The van der Waals surface area contributed by atoms with Crippen molar-refractivity contribution in [3.8, 4) is 11.5 Å². The van der Waals surface area contributed by atoms with Gasteiger partial charge in [0.1, 0.15) is 18.4 Å². The molecule has 11 heteroatoms. The summed E-state index contributed by atoms with van der Waals surface area (Å²) in [6, 6.07) is 24.7. The molecule has 0 spiro atoms. The maximum atomic E-state index is 14.5. The van der Waals surface area contributed by atoms with Crippen molar-refractivity contribution in [2.24, 2.45) is 0 Å². The average Bonchev–Trinajstić information content (AvgIpc) is 3.06. The number of carbonyl (C=O) groups excluding carboxylic acids is 2. The highest BCUT2D eigenvalue weighted by atomic mass is 32.2. The molecular weight excluding hydrogens is 609 g/mol. The van der Waals surface area contributed by atoms with Gasteiger partial charge in [-0.2, -0.15) is 0 Å². The molecule has 0 aliphatic heterocycles. The minimum absolute atomic E-state index is 0.0182. The zero-order valence-electron chi connectivity index (χ0n) is 26.3. The molecule has 4 aromatic carbocycles. The zero-order chi connectivity index (χ0) is 33.3. The van der Waals surface area contributed by atoms with Crippen molar-refractivity contribution in [1.29, 1.82) is 0 Å². The topological polar surface area (TPSA) is 105 Å².